The van der Waals surface area contributed by atoms with Gasteiger partial charge in [-0.25, -0.2) is 9.97 Å². The molecular formula is C21H21N3O2S. The highest BCUT2D eigenvalue weighted by atomic mass is 32.1. The molecule has 2 aromatic heterocycles. The SMILES string of the molecule is Cc1cnc(OC2CCN(C(=O)c3ccc(-c4ccsc4)cc3)CC2)nc1. The summed E-state index contributed by atoms with van der Waals surface area (Å²) in [5, 5.41) is 4.17. The summed E-state index contributed by atoms with van der Waals surface area (Å²) in [6.07, 6.45) is 5.13. The average Bonchev–Trinajstić information content (AvgIpc) is 3.25. The van der Waals surface area contributed by atoms with Gasteiger partial charge >= 0.3 is 6.01 Å². The highest BCUT2D eigenvalue weighted by Crippen LogP contribution is 2.23. The van der Waals surface area contributed by atoms with E-state index < -0.39 is 0 Å². The van der Waals surface area contributed by atoms with E-state index in [1.54, 1.807) is 23.7 Å². The average molecular weight is 379 g/mol. The molecule has 1 aliphatic heterocycles. The molecule has 138 valence electrons. The Hall–Kier alpha value is -2.73. The lowest BCUT2D eigenvalue weighted by atomic mass is 10.0. The first kappa shape index (κ1) is 17.7. The topological polar surface area (TPSA) is 55.3 Å². The van der Waals surface area contributed by atoms with Gasteiger partial charge in [0, 0.05) is 43.9 Å². The normalized spacial score (nSPS) is 14.9. The van der Waals surface area contributed by atoms with Crippen LogP contribution in [-0.2, 0) is 0 Å². The number of amides is 1. The van der Waals surface area contributed by atoms with Gasteiger partial charge in [0.1, 0.15) is 6.10 Å². The second kappa shape index (κ2) is 7.88. The van der Waals surface area contributed by atoms with Crippen LogP contribution in [0.4, 0.5) is 0 Å². The molecule has 3 heterocycles. The van der Waals surface area contributed by atoms with E-state index in [0.29, 0.717) is 19.1 Å². The van der Waals surface area contributed by atoms with E-state index in [9.17, 15) is 4.79 Å². The summed E-state index contributed by atoms with van der Waals surface area (Å²) in [4.78, 5) is 23.0. The molecular weight excluding hydrogens is 358 g/mol. The second-order valence-corrected chi connectivity index (χ2v) is 7.52. The molecule has 0 bridgehead atoms. The summed E-state index contributed by atoms with van der Waals surface area (Å²) in [5.41, 5.74) is 4.07. The van der Waals surface area contributed by atoms with Gasteiger partial charge in [0.05, 0.1) is 0 Å². The Morgan fingerprint density at radius 3 is 2.41 bits per heavy atom. The molecule has 0 N–H and O–H groups in total. The molecule has 0 atom stereocenters. The Morgan fingerprint density at radius 1 is 1.07 bits per heavy atom. The highest BCUT2D eigenvalue weighted by Gasteiger charge is 2.25. The number of rotatable bonds is 4. The number of aryl methyl sites for hydroxylation is 1. The largest absolute Gasteiger partial charge is 0.460 e. The minimum atomic E-state index is 0.0534. The zero-order valence-corrected chi connectivity index (χ0v) is 16.0. The Kier molecular flexibility index (Phi) is 5.16. The molecule has 6 heteroatoms. The number of thiophene rings is 1. The van der Waals surface area contributed by atoms with Gasteiger partial charge in [-0.3, -0.25) is 4.79 Å². The van der Waals surface area contributed by atoms with Gasteiger partial charge in [0.25, 0.3) is 5.91 Å². The van der Waals surface area contributed by atoms with E-state index in [4.69, 9.17) is 4.74 Å². The third-order valence-electron chi connectivity index (χ3n) is 4.74. The van der Waals surface area contributed by atoms with Crippen molar-refractivity contribution in [1.29, 1.82) is 0 Å². The lowest BCUT2D eigenvalue weighted by Gasteiger charge is -2.31. The fourth-order valence-electron chi connectivity index (χ4n) is 3.18. The van der Waals surface area contributed by atoms with Gasteiger partial charge in [-0.15, -0.1) is 0 Å². The molecule has 0 aliphatic carbocycles. The molecule has 0 spiro atoms. The predicted molar refractivity (Wildman–Crippen MR) is 106 cm³/mol. The van der Waals surface area contributed by atoms with Crippen molar-refractivity contribution < 1.29 is 9.53 Å². The Labute approximate surface area is 162 Å². The number of carbonyl (C=O) groups excluding carboxylic acids is 1. The third-order valence-corrected chi connectivity index (χ3v) is 5.43. The monoisotopic (exact) mass is 379 g/mol. The number of benzene rings is 1. The zero-order chi connectivity index (χ0) is 18.6. The van der Waals surface area contributed by atoms with Crippen molar-refractivity contribution in [3.8, 4) is 17.1 Å². The van der Waals surface area contributed by atoms with Gasteiger partial charge in [-0.2, -0.15) is 11.3 Å². The van der Waals surface area contributed by atoms with Crippen LogP contribution >= 0.6 is 11.3 Å². The minimum Gasteiger partial charge on any atom is -0.460 e. The van der Waals surface area contributed by atoms with Gasteiger partial charge in [-0.05, 0) is 52.6 Å². The van der Waals surface area contributed by atoms with E-state index in [2.05, 4.69) is 26.8 Å². The molecule has 1 aliphatic rings. The quantitative estimate of drug-likeness (QED) is 0.682. The first-order valence-corrected chi connectivity index (χ1v) is 10.0. The van der Waals surface area contributed by atoms with Gasteiger partial charge in [-0.1, -0.05) is 12.1 Å². The van der Waals surface area contributed by atoms with Crippen LogP contribution < -0.4 is 4.74 Å². The summed E-state index contributed by atoms with van der Waals surface area (Å²) in [6, 6.07) is 10.4. The van der Waals surface area contributed by atoms with Gasteiger partial charge in [0.15, 0.2) is 0 Å². The summed E-state index contributed by atoms with van der Waals surface area (Å²) in [6.45, 7) is 3.31. The van der Waals surface area contributed by atoms with Crippen molar-refractivity contribution in [2.45, 2.75) is 25.9 Å². The van der Waals surface area contributed by atoms with Crippen molar-refractivity contribution in [3.05, 3.63) is 64.6 Å². The lowest BCUT2D eigenvalue weighted by Crippen LogP contribution is -2.41. The Balaban J connectivity index is 1.33. The van der Waals surface area contributed by atoms with Crippen LogP contribution in [0.15, 0.2) is 53.5 Å². The maximum absolute atomic E-state index is 12.8. The number of ether oxygens (including phenoxy) is 1. The van der Waals surface area contributed by atoms with Crippen LogP contribution in [0.5, 0.6) is 6.01 Å². The molecule has 0 unspecified atom stereocenters. The van der Waals surface area contributed by atoms with Crippen molar-refractivity contribution >= 4 is 17.2 Å². The van der Waals surface area contributed by atoms with Crippen molar-refractivity contribution in [2.24, 2.45) is 0 Å². The lowest BCUT2D eigenvalue weighted by molar-refractivity contribution is 0.0578. The molecule has 27 heavy (non-hydrogen) atoms. The molecule has 0 saturated carbocycles. The number of likely N-dealkylation sites (tertiary alicyclic amines) is 1. The summed E-state index contributed by atoms with van der Waals surface area (Å²) >= 11 is 1.67. The molecule has 1 amide bonds. The van der Waals surface area contributed by atoms with Crippen LogP contribution in [-0.4, -0.2) is 40.0 Å². The van der Waals surface area contributed by atoms with E-state index in [0.717, 1.165) is 29.5 Å². The summed E-state index contributed by atoms with van der Waals surface area (Å²) in [7, 11) is 0. The molecule has 1 saturated heterocycles. The van der Waals surface area contributed by atoms with Crippen molar-refractivity contribution in [1.82, 2.24) is 14.9 Å². The zero-order valence-electron chi connectivity index (χ0n) is 15.2. The van der Waals surface area contributed by atoms with Crippen LogP contribution in [0.1, 0.15) is 28.8 Å². The van der Waals surface area contributed by atoms with E-state index in [-0.39, 0.29) is 12.0 Å². The molecule has 4 rings (SSSR count). The predicted octanol–water partition coefficient (Wildman–Crippen LogP) is 4.20. The summed E-state index contributed by atoms with van der Waals surface area (Å²) < 4.78 is 5.84. The van der Waals surface area contributed by atoms with Crippen LogP contribution in [0.25, 0.3) is 11.1 Å². The summed E-state index contributed by atoms with van der Waals surface area (Å²) in [5.74, 6) is 0.0805. The maximum atomic E-state index is 12.8. The molecule has 3 aromatic rings. The van der Waals surface area contributed by atoms with E-state index >= 15 is 0 Å². The smallest absolute Gasteiger partial charge is 0.316 e. The standard InChI is InChI=1S/C21H21N3O2S/c1-15-12-22-21(23-13-15)26-19-6-9-24(10-7-19)20(25)17-4-2-16(3-5-17)18-8-11-27-14-18/h2-5,8,11-14,19H,6-7,9-10H2,1H3. The fraction of sp³-hybridized carbons (Fsp3) is 0.286. The molecule has 5 nitrogen and oxygen atoms in total. The minimum absolute atomic E-state index is 0.0534. The van der Waals surface area contributed by atoms with Crippen LogP contribution in [0.3, 0.4) is 0 Å². The number of hydrogen-bond acceptors (Lipinski definition) is 5. The number of hydrogen-bond donors (Lipinski definition) is 0. The van der Waals surface area contributed by atoms with Crippen LogP contribution in [0, 0.1) is 6.92 Å². The molecule has 1 aromatic carbocycles. The van der Waals surface area contributed by atoms with Crippen molar-refractivity contribution in [2.75, 3.05) is 13.1 Å². The second-order valence-electron chi connectivity index (χ2n) is 6.74. The molecule has 1 fully saturated rings. The fourth-order valence-corrected chi connectivity index (χ4v) is 3.85. The Morgan fingerprint density at radius 2 is 1.78 bits per heavy atom. The van der Waals surface area contributed by atoms with Gasteiger partial charge < -0.3 is 9.64 Å². The maximum Gasteiger partial charge on any atom is 0.316 e. The number of nitrogens with zero attached hydrogens (tertiary/aromatic N) is 3. The molecule has 0 radical (unpaired) electrons. The first-order chi connectivity index (χ1) is 13.2. The number of aromatic nitrogens is 2. The van der Waals surface area contributed by atoms with E-state index in [1.165, 1.54) is 5.56 Å². The van der Waals surface area contributed by atoms with Crippen molar-refractivity contribution in [3.63, 3.8) is 0 Å². The number of carbonyl (C=O) groups is 1. The highest BCUT2D eigenvalue weighted by molar-refractivity contribution is 7.08. The van der Waals surface area contributed by atoms with E-state index in [1.807, 2.05) is 36.1 Å². The first-order valence-electron chi connectivity index (χ1n) is 9.06. The van der Waals surface area contributed by atoms with Crippen LogP contribution in [0.2, 0.25) is 0 Å². The number of piperidine rings is 1. The third kappa shape index (κ3) is 4.17. The Bertz CT molecular complexity index is 884. The van der Waals surface area contributed by atoms with Gasteiger partial charge in [0.2, 0.25) is 0 Å².